The molecule has 0 fully saturated rings. The van der Waals surface area contributed by atoms with Crippen LogP contribution in [0.15, 0.2) is 47.4 Å². The third-order valence-corrected chi connectivity index (χ3v) is 3.51. The van der Waals surface area contributed by atoms with Crippen molar-refractivity contribution in [3.63, 3.8) is 0 Å². The molecular formula is C10H9LiSe. The first-order chi connectivity index (χ1) is 5.47. The van der Waals surface area contributed by atoms with E-state index in [4.69, 9.17) is 0 Å². The van der Waals surface area contributed by atoms with E-state index in [2.05, 4.69) is 47.4 Å². The fourth-order valence-electron chi connectivity index (χ4n) is 1.05. The zero-order chi connectivity index (χ0) is 7.52. The summed E-state index contributed by atoms with van der Waals surface area (Å²) < 4.78 is 1.48. The topological polar surface area (TPSA) is 0 Å². The van der Waals surface area contributed by atoms with Crippen molar-refractivity contribution in [3.8, 4) is 10.0 Å². The van der Waals surface area contributed by atoms with Gasteiger partial charge in [0.15, 0.2) is 0 Å². The standard InChI is InChI=1S/C10H8Se.Li.H/c1-2-5-9(6-3-1)10-7-4-8-11-10;;/h1-8H;;. The van der Waals surface area contributed by atoms with Gasteiger partial charge in [0.05, 0.1) is 0 Å². The molecule has 0 aliphatic heterocycles. The summed E-state index contributed by atoms with van der Waals surface area (Å²) in [6.45, 7) is 0. The Bertz CT molecular complexity index is 313. The van der Waals surface area contributed by atoms with Gasteiger partial charge in [0.1, 0.15) is 0 Å². The van der Waals surface area contributed by atoms with Crippen LogP contribution in [0.1, 0.15) is 0 Å². The number of benzene rings is 1. The normalized spacial score (nSPS) is 9.00. The average molecular weight is 215 g/mol. The molecule has 0 unspecified atom stereocenters. The maximum absolute atomic E-state index is 2.25. The molecule has 2 heteroatoms. The molecule has 0 atom stereocenters. The first-order valence-corrected chi connectivity index (χ1v) is 5.40. The van der Waals surface area contributed by atoms with Gasteiger partial charge in [-0.2, -0.15) is 0 Å². The van der Waals surface area contributed by atoms with Crippen molar-refractivity contribution in [1.82, 2.24) is 0 Å². The van der Waals surface area contributed by atoms with Crippen LogP contribution < -0.4 is 0 Å². The molecule has 2 aromatic rings. The molecule has 56 valence electrons. The van der Waals surface area contributed by atoms with Gasteiger partial charge in [-0.05, 0) is 0 Å². The van der Waals surface area contributed by atoms with Crippen molar-refractivity contribution < 1.29 is 0 Å². The Kier molecular flexibility index (Phi) is 3.92. The van der Waals surface area contributed by atoms with E-state index < -0.39 is 0 Å². The Morgan fingerprint density at radius 1 is 0.833 bits per heavy atom. The first-order valence-electron chi connectivity index (χ1n) is 3.56. The quantitative estimate of drug-likeness (QED) is 0.636. The van der Waals surface area contributed by atoms with E-state index in [0.717, 1.165) is 0 Å². The van der Waals surface area contributed by atoms with Crippen molar-refractivity contribution >= 4 is 33.4 Å². The molecule has 1 aromatic carbocycles. The fourth-order valence-corrected chi connectivity index (χ4v) is 2.58. The van der Waals surface area contributed by atoms with Gasteiger partial charge in [0.25, 0.3) is 0 Å². The zero-order valence-electron chi connectivity index (χ0n) is 6.03. The SMILES string of the molecule is [LiH].c1ccc(-c2ccc[se]2)cc1. The molecule has 0 amide bonds. The molecule has 0 spiro atoms. The molecular weight excluding hydrogens is 206 g/mol. The van der Waals surface area contributed by atoms with E-state index in [-0.39, 0.29) is 18.9 Å². The predicted octanol–water partition coefficient (Wildman–Crippen LogP) is 1.76. The van der Waals surface area contributed by atoms with Crippen molar-refractivity contribution in [2.75, 3.05) is 0 Å². The van der Waals surface area contributed by atoms with Crippen LogP contribution in [0, 0.1) is 0 Å². The minimum absolute atomic E-state index is 0. The molecule has 12 heavy (non-hydrogen) atoms. The predicted molar refractivity (Wildman–Crippen MR) is 56.0 cm³/mol. The Morgan fingerprint density at radius 2 is 1.58 bits per heavy atom. The van der Waals surface area contributed by atoms with E-state index in [1.165, 1.54) is 10.0 Å². The number of hydrogen-bond donors (Lipinski definition) is 0. The van der Waals surface area contributed by atoms with Crippen LogP contribution in [0.5, 0.6) is 0 Å². The monoisotopic (exact) mass is 216 g/mol. The van der Waals surface area contributed by atoms with Crippen molar-refractivity contribution in [3.05, 3.63) is 47.4 Å². The summed E-state index contributed by atoms with van der Waals surface area (Å²) in [5.74, 6) is 0. The second-order valence-corrected chi connectivity index (χ2v) is 4.33. The van der Waals surface area contributed by atoms with Crippen LogP contribution >= 0.6 is 0 Å². The van der Waals surface area contributed by atoms with E-state index in [1.54, 1.807) is 0 Å². The summed E-state index contributed by atoms with van der Waals surface area (Å²) in [5.41, 5.74) is 1.37. The molecule has 0 saturated carbocycles. The van der Waals surface area contributed by atoms with Gasteiger partial charge in [0, 0.05) is 0 Å². The first kappa shape index (κ1) is 9.90. The van der Waals surface area contributed by atoms with Gasteiger partial charge in [-0.1, -0.05) is 0 Å². The molecule has 1 heterocycles. The fraction of sp³-hybridized carbons (Fsp3) is 0. The van der Waals surface area contributed by atoms with Gasteiger partial charge >= 0.3 is 90.8 Å². The molecule has 0 aliphatic rings. The van der Waals surface area contributed by atoms with Gasteiger partial charge in [-0.15, -0.1) is 0 Å². The van der Waals surface area contributed by atoms with Crippen LogP contribution in [0.25, 0.3) is 10.0 Å². The van der Waals surface area contributed by atoms with E-state index in [9.17, 15) is 0 Å². The summed E-state index contributed by atoms with van der Waals surface area (Å²) in [7, 11) is 0. The second kappa shape index (κ2) is 4.75. The van der Waals surface area contributed by atoms with Gasteiger partial charge < -0.3 is 0 Å². The average Bonchev–Trinajstić information content (AvgIpc) is 2.58. The summed E-state index contributed by atoms with van der Waals surface area (Å²) in [4.78, 5) is 2.25. The summed E-state index contributed by atoms with van der Waals surface area (Å²) in [6.07, 6.45) is 0. The second-order valence-electron chi connectivity index (χ2n) is 2.34. The van der Waals surface area contributed by atoms with E-state index in [1.807, 2.05) is 0 Å². The van der Waals surface area contributed by atoms with Crippen LogP contribution in [-0.2, 0) is 0 Å². The molecule has 0 saturated heterocycles. The molecule has 0 radical (unpaired) electrons. The van der Waals surface area contributed by atoms with Crippen molar-refractivity contribution in [2.45, 2.75) is 0 Å². The van der Waals surface area contributed by atoms with Gasteiger partial charge in [-0.3, -0.25) is 0 Å². The maximum atomic E-state index is 2.25. The van der Waals surface area contributed by atoms with Crippen molar-refractivity contribution in [1.29, 1.82) is 0 Å². The van der Waals surface area contributed by atoms with Gasteiger partial charge in [0.2, 0.25) is 0 Å². The summed E-state index contributed by atoms with van der Waals surface area (Å²) in [6, 6.07) is 14.9. The summed E-state index contributed by atoms with van der Waals surface area (Å²) in [5, 5.41) is 0. The molecule has 1 aromatic heterocycles. The van der Waals surface area contributed by atoms with Crippen LogP contribution in [-0.4, -0.2) is 33.4 Å². The van der Waals surface area contributed by atoms with E-state index in [0.29, 0.717) is 14.5 Å². The van der Waals surface area contributed by atoms with Crippen LogP contribution in [0.2, 0.25) is 0 Å². The van der Waals surface area contributed by atoms with Gasteiger partial charge in [-0.25, -0.2) is 0 Å². The molecule has 2 rings (SSSR count). The molecule has 0 nitrogen and oxygen atoms in total. The van der Waals surface area contributed by atoms with Crippen molar-refractivity contribution in [2.24, 2.45) is 0 Å². The molecule has 0 bridgehead atoms. The summed E-state index contributed by atoms with van der Waals surface area (Å²) >= 11 is 0.571. The zero-order valence-corrected chi connectivity index (χ0v) is 7.74. The van der Waals surface area contributed by atoms with Crippen LogP contribution in [0.4, 0.5) is 0 Å². The minimum atomic E-state index is 0. The Morgan fingerprint density at radius 3 is 2.17 bits per heavy atom. The Hall–Kier alpha value is -0.183. The third-order valence-electron chi connectivity index (χ3n) is 1.58. The molecule has 0 aliphatic carbocycles. The number of rotatable bonds is 1. The van der Waals surface area contributed by atoms with Crippen LogP contribution in [0.3, 0.4) is 0 Å². The Labute approximate surface area is 90.5 Å². The van der Waals surface area contributed by atoms with E-state index >= 15 is 0 Å². The Balaban J connectivity index is 0.000000720. The number of hydrogen-bond acceptors (Lipinski definition) is 0. The third kappa shape index (κ3) is 2.16. The molecule has 0 N–H and O–H groups in total.